The molecule has 1 atom stereocenters. The number of benzene rings is 1. The Morgan fingerprint density at radius 2 is 1.90 bits per heavy atom. The number of hydrogen-bond acceptors (Lipinski definition) is 3. The molecule has 3 heteroatoms. The lowest BCUT2D eigenvalue weighted by Crippen LogP contribution is -2.26. The van der Waals surface area contributed by atoms with Crippen molar-refractivity contribution in [3.63, 3.8) is 0 Å². The van der Waals surface area contributed by atoms with Gasteiger partial charge in [-0.3, -0.25) is 0 Å². The lowest BCUT2D eigenvalue weighted by Gasteiger charge is -2.24. The van der Waals surface area contributed by atoms with Crippen LogP contribution in [0.25, 0.3) is 0 Å². The molecule has 3 rings (SSSR count). The zero-order chi connectivity index (χ0) is 14.7. The Kier molecular flexibility index (Phi) is 4.81. The van der Waals surface area contributed by atoms with Crippen molar-refractivity contribution >= 4 is 0 Å². The van der Waals surface area contributed by atoms with E-state index in [4.69, 9.17) is 9.47 Å². The summed E-state index contributed by atoms with van der Waals surface area (Å²) in [6, 6.07) is 5.25. The van der Waals surface area contributed by atoms with Crippen LogP contribution in [0, 0.1) is 13.8 Å². The van der Waals surface area contributed by atoms with Gasteiger partial charge in [-0.25, -0.2) is 0 Å². The summed E-state index contributed by atoms with van der Waals surface area (Å²) in [6.45, 7) is 6.83. The molecule has 1 unspecified atom stereocenters. The van der Waals surface area contributed by atoms with Gasteiger partial charge < -0.3 is 14.8 Å². The third-order valence-corrected chi connectivity index (χ3v) is 4.38. The van der Waals surface area contributed by atoms with Gasteiger partial charge in [0, 0.05) is 19.2 Å². The third kappa shape index (κ3) is 4.21. The molecule has 0 aromatic heterocycles. The molecule has 21 heavy (non-hydrogen) atoms. The van der Waals surface area contributed by atoms with Crippen LogP contribution >= 0.6 is 0 Å². The fourth-order valence-corrected chi connectivity index (χ4v) is 3.03. The fraction of sp³-hybridized carbons (Fsp3) is 0.667. The quantitative estimate of drug-likeness (QED) is 0.869. The molecular weight excluding hydrogens is 262 g/mol. The van der Waals surface area contributed by atoms with Crippen LogP contribution in [-0.2, 0) is 11.3 Å². The summed E-state index contributed by atoms with van der Waals surface area (Å²) < 4.78 is 11.8. The molecular formula is C18H27NO2. The largest absolute Gasteiger partial charge is 0.490 e. The highest BCUT2D eigenvalue weighted by atomic mass is 16.5. The Morgan fingerprint density at radius 1 is 1.14 bits per heavy atom. The van der Waals surface area contributed by atoms with Crippen LogP contribution in [0.5, 0.6) is 5.75 Å². The van der Waals surface area contributed by atoms with Gasteiger partial charge in [0.1, 0.15) is 12.4 Å². The molecule has 3 nitrogen and oxygen atoms in total. The second kappa shape index (κ2) is 6.80. The van der Waals surface area contributed by atoms with Crippen LogP contribution < -0.4 is 10.1 Å². The van der Waals surface area contributed by atoms with Crippen molar-refractivity contribution in [2.45, 2.75) is 64.6 Å². The van der Waals surface area contributed by atoms with Crippen molar-refractivity contribution in [3.8, 4) is 5.75 Å². The minimum absolute atomic E-state index is 0.272. The first-order valence-corrected chi connectivity index (χ1v) is 8.30. The fourth-order valence-electron chi connectivity index (χ4n) is 3.03. The monoisotopic (exact) mass is 289 g/mol. The molecule has 1 aromatic rings. The van der Waals surface area contributed by atoms with Gasteiger partial charge >= 0.3 is 0 Å². The summed E-state index contributed by atoms with van der Waals surface area (Å²) in [7, 11) is 0. The molecule has 1 aromatic carbocycles. The summed E-state index contributed by atoms with van der Waals surface area (Å²) in [5.74, 6) is 1.04. The predicted octanol–water partition coefficient (Wildman–Crippen LogP) is 3.50. The lowest BCUT2D eigenvalue weighted by molar-refractivity contribution is -0.0113. The molecule has 1 aliphatic heterocycles. The minimum atomic E-state index is 0.272. The first-order valence-electron chi connectivity index (χ1n) is 8.30. The van der Waals surface area contributed by atoms with Crippen molar-refractivity contribution in [1.29, 1.82) is 0 Å². The highest BCUT2D eigenvalue weighted by molar-refractivity contribution is 5.43. The Hall–Kier alpha value is -1.06. The molecule has 2 aliphatic rings. The highest BCUT2D eigenvalue weighted by Crippen LogP contribution is 2.27. The average Bonchev–Trinajstić information content (AvgIpc) is 3.29. The smallest absolute Gasteiger partial charge is 0.125 e. The molecule has 1 saturated heterocycles. The van der Waals surface area contributed by atoms with Gasteiger partial charge in [-0.15, -0.1) is 0 Å². The Labute approximate surface area is 128 Å². The first-order chi connectivity index (χ1) is 10.2. The summed E-state index contributed by atoms with van der Waals surface area (Å²) in [5, 5.41) is 3.57. The molecule has 0 amide bonds. The Morgan fingerprint density at radius 3 is 2.52 bits per heavy atom. The minimum Gasteiger partial charge on any atom is -0.490 e. The number of hydrogen-bond donors (Lipinski definition) is 1. The van der Waals surface area contributed by atoms with Gasteiger partial charge in [0.15, 0.2) is 0 Å². The standard InChI is InChI=1S/C18H27NO2/c1-13-9-15(11-19-16-6-7-16)10-14(2)18(13)21-12-17-5-3-4-8-20-17/h9-10,16-17,19H,3-8,11-12H2,1-2H3. The molecule has 2 fully saturated rings. The van der Waals surface area contributed by atoms with E-state index in [1.54, 1.807) is 0 Å². The maximum atomic E-state index is 6.05. The van der Waals surface area contributed by atoms with Crippen molar-refractivity contribution in [1.82, 2.24) is 5.32 Å². The van der Waals surface area contributed by atoms with Gasteiger partial charge in [-0.1, -0.05) is 12.1 Å². The summed E-state index contributed by atoms with van der Waals surface area (Å²) in [4.78, 5) is 0. The average molecular weight is 289 g/mol. The van der Waals surface area contributed by atoms with Gasteiger partial charge in [-0.05, 0) is 62.6 Å². The van der Waals surface area contributed by atoms with E-state index in [9.17, 15) is 0 Å². The summed E-state index contributed by atoms with van der Waals surface area (Å²) in [5.41, 5.74) is 3.83. The van der Waals surface area contributed by atoms with Crippen LogP contribution in [-0.4, -0.2) is 25.4 Å². The van der Waals surface area contributed by atoms with Gasteiger partial charge in [-0.2, -0.15) is 0 Å². The number of aryl methyl sites for hydroxylation is 2. The Bertz CT molecular complexity index is 453. The van der Waals surface area contributed by atoms with E-state index in [2.05, 4.69) is 31.3 Å². The SMILES string of the molecule is Cc1cc(CNC2CC2)cc(C)c1OCC1CCCCO1. The Balaban J connectivity index is 1.58. The van der Waals surface area contributed by atoms with Gasteiger partial charge in [0.25, 0.3) is 0 Å². The van der Waals surface area contributed by atoms with Crippen LogP contribution in [0.1, 0.15) is 48.8 Å². The second-order valence-corrected chi connectivity index (χ2v) is 6.51. The van der Waals surface area contributed by atoms with Crippen LogP contribution in [0.3, 0.4) is 0 Å². The summed E-state index contributed by atoms with van der Waals surface area (Å²) >= 11 is 0. The molecule has 1 N–H and O–H groups in total. The van der Waals surface area contributed by atoms with Gasteiger partial charge in [0.05, 0.1) is 6.10 Å². The van der Waals surface area contributed by atoms with Crippen molar-refractivity contribution < 1.29 is 9.47 Å². The van der Waals surface area contributed by atoms with Gasteiger partial charge in [0.2, 0.25) is 0 Å². The number of rotatable bonds is 6. The van der Waals surface area contributed by atoms with E-state index in [1.807, 2.05) is 0 Å². The predicted molar refractivity (Wildman–Crippen MR) is 84.9 cm³/mol. The second-order valence-electron chi connectivity index (χ2n) is 6.51. The van der Waals surface area contributed by atoms with Crippen LogP contribution in [0.15, 0.2) is 12.1 Å². The topological polar surface area (TPSA) is 30.5 Å². The van der Waals surface area contributed by atoms with Crippen LogP contribution in [0.4, 0.5) is 0 Å². The zero-order valence-corrected chi connectivity index (χ0v) is 13.3. The molecule has 1 heterocycles. The van der Waals surface area contributed by atoms with E-state index in [1.165, 1.54) is 42.4 Å². The lowest BCUT2D eigenvalue weighted by atomic mass is 10.1. The van der Waals surface area contributed by atoms with E-state index in [0.29, 0.717) is 6.61 Å². The molecule has 0 spiro atoms. The zero-order valence-electron chi connectivity index (χ0n) is 13.3. The van der Waals surface area contributed by atoms with Crippen LogP contribution in [0.2, 0.25) is 0 Å². The molecule has 116 valence electrons. The first kappa shape index (κ1) is 14.9. The maximum absolute atomic E-state index is 6.05. The van der Waals surface area contributed by atoms with Crippen molar-refractivity contribution in [2.24, 2.45) is 0 Å². The van der Waals surface area contributed by atoms with E-state index >= 15 is 0 Å². The van der Waals surface area contributed by atoms with E-state index < -0.39 is 0 Å². The van der Waals surface area contributed by atoms with E-state index in [-0.39, 0.29) is 6.10 Å². The number of nitrogens with one attached hydrogen (secondary N) is 1. The molecule has 0 radical (unpaired) electrons. The molecule has 0 bridgehead atoms. The summed E-state index contributed by atoms with van der Waals surface area (Å²) in [6.07, 6.45) is 6.52. The van der Waals surface area contributed by atoms with E-state index in [0.717, 1.165) is 31.4 Å². The normalized spacial score (nSPS) is 22.3. The van der Waals surface area contributed by atoms with Crippen molar-refractivity contribution in [3.05, 3.63) is 28.8 Å². The third-order valence-electron chi connectivity index (χ3n) is 4.38. The molecule has 1 saturated carbocycles. The number of ether oxygens (including phenoxy) is 2. The highest BCUT2D eigenvalue weighted by Gasteiger charge is 2.20. The molecule has 1 aliphatic carbocycles. The van der Waals surface area contributed by atoms with Crippen molar-refractivity contribution in [2.75, 3.05) is 13.2 Å². The maximum Gasteiger partial charge on any atom is 0.125 e.